The number of aromatic hydroxyl groups is 6. The molecule has 0 aliphatic carbocycles. The fourth-order valence-electron chi connectivity index (χ4n) is 9.30. The standard InChI is InChI=1S/C54H48N6O27/c1-79-46-10-28(34(55(67)68)16-40(46)61)52(29-11-47(80-2)41(62)17-35(29)56(69)70)85-22-25-7-26(23-86-53(30-12-48(81-3)42(63)18-36(30)57(71)72)31-13-49(82-4)43(64)19-37(31)58(73)74)9-27(8-25)24-87-54(32-14-50(83-5)44(65)20-38(32)59(75)76)33-15-51(84-6)45(66)21-39(33)60(77)78/h7-21,52-54,61-66H,22-24H2,1-6H3. The van der Waals surface area contributed by atoms with E-state index in [1.807, 2.05) is 0 Å². The molecule has 0 bridgehead atoms. The van der Waals surface area contributed by atoms with Crippen molar-refractivity contribution in [2.75, 3.05) is 42.7 Å². The Morgan fingerprint density at radius 2 is 0.437 bits per heavy atom. The van der Waals surface area contributed by atoms with E-state index in [2.05, 4.69) is 0 Å². The van der Waals surface area contributed by atoms with Crippen molar-refractivity contribution < 1.29 is 103 Å². The van der Waals surface area contributed by atoms with E-state index in [4.69, 9.17) is 42.6 Å². The minimum Gasteiger partial charge on any atom is -0.504 e. The van der Waals surface area contributed by atoms with Crippen molar-refractivity contribution in [3.05, 3.63) is 202 Å². The summed E-state index contributed by atoms with van der Waals surface area (Å²) >= 11 is 0. The Morgan fingerprint density at radius 1 is 0.287 bits per heavy atom. The van der Waals surface area contributed by atoms with Gasteiger partial charge in [0.1, 0.15) is 18.3 Å². The molecule has 6 N–H and O–H groups in total. The molecular weight excluding hydrogens is 1160 g/mol. The fraction of sp³-hybridized carbons (Fsp3) is 0.222. The van der Waals surface area contributed by atoms with Crippen molar-refractivity contribution in [2.45, 2.75) is 38.1 Å². The van der Waals surface area contributed by atoms with Gasteiger partial charge in [0, 0.05) is 0 Å². The fourth-order valence-corrected chi connectivity index (χ4v) is 9.30. The first-order valence-corrected chi connectivity index (χ1v) is 24.6. The molecule has 33 heteroatoms. The normalized spacial score (nSPS) is 11.1. The van der Waals surface area contributed by atoms with Gasteiger partial charge in [0.15, 0.2) is 69.0 Å². The van der Waals surface area contributed by atoms with Gasteiger partial charge in [-0.15, -0.1) is 0 Å². The molecule has 456 valence electrons. The Balaban J connectivity index is 1.49. The second-order valence-corrected chi connectivity index (χ2v) is 18.3. The summed E-state index contributed by atoms with van der Waals surface area (Å²) in [5, 5.41) is 140. The zero-order valence-electron chi connectivity index (χ0n) is 46.0. The molecule has 0 atom stereocenters. The van der Waals surface area contributed by atoms with Crippen LogP contribution in [0.3, 0.4) is 0 Å². The molecule has 0 heterocycles. The number of nitrogens with zero attached hydrogens (tertiary/aromatic N) is 6. The largest absolute Gasteiger partial charge is 0.504 e. The molecule has 33 nitrogen and oxygen atoms in total. The number of nitro benzene ring substituents is 6. The van der Waals surface area contributed by atoms with Crippen LogP contribution in [0, 0.1) is 60.7 Å². The van der Waals surface area contributed by atoms with Crippen LogP contribution in [0.2, 0.25) is 0 Å². The van der Waals surface area contributed by atoms with Crippen molar-refractivity contribution in [1.29, 1.82) is 0 Å². The number of nitro groups is 6. The number of ether oxygens (including phenoxy) is 9. The number of hydrogen-bond donors (Lipinski definition) is 6. The third kappa shape index (κ3) is 13.3. The summed E-state index contributed by atoms with van der Waals surface area (Å²) in [6.07, 6.45) is -5.81. The second kappa shape index (κ2) is 26.3. The van der Waals surface area contributed by atoms with Gasteiger partial charge in [-0.1, -0.05) is 18.2 Å². The van der Waals surface area contributed by atoms with Crippen molar-refractivity contribution in [2.24, 2.45) is 0 Å². The van der Waals surface area contributed by atoms with E-state index >= 15 is 0 Å². The van der Waals surface area contributed by atoms with Crippen LogP contribution in [0.15, 0.2) is 91.0 Å². The van der Waals surface area contributed by atoms with Crippen molar-refractivity contribution >= 4 is 34.1 Å². The minimum atomic E-state index is -1.94. The zero-order valence-corrected chi connectivity index (χ0v) is 46.0. The summed E-state index contributed by atoms with van der Waals surface area (Å²) < 4.78 is 50.6. The molecule has 0 spiro atoms. The van der Waals surface area contributed by atoms with Gasteiger partial charge in [0.2, 0.25) is 0 Å². The molecular formula is C54H48N6O27. The molecule has 7 aromatic rings. The first kappa shape index (κ1) is 63.0. The first-order chi connectivity index (χ1) is 41.3. The maximum atomic E-state index is 12.7. The molecule has 0 unspecified atom stereocenters. The average molecular weight is 1210 g/mol. The van der Waals surface area contributed by atoms with Crippen molar-refractivity contribution in [3.8, 4) is 69.0 Å². The van der Waals surface area contributed by atoms with Crippen LogP contribution in [0.4, 0.5) is 34.1 Å². The maximum Gasteiger partial charge on any atom is 0.279 e. The summed E-state index contributed by atoms with van der Waals surface area (Å²) in [6.45, 7) is -2.33. The smallest absolute Gasteiger partial charge is 0.279 e. The van der Waals surface area contributed by atoms with E-state index in [0.29, 0.717) is 36.4 Å². The van der Waals surface area contributed by atoms with Crippen LogP contribution in [0.25, 0.3) is 0 Å². The lowest BCUT2D eigenvalue weighted by Gasteiger charge is -2.23. The third-order valence-corrected chi connectivity index (χ3v) is 13.2. The quantitative estimate of drug-likeness (QED) is 0.0206. The van der Waals surface area contributed by atoms with Crippen molar-refractivity contribution in [1.82, 2.24) is 0 Å². The Bertz CT molecular complexity index is 3280. The number of benzene rings is 7. The lowest BCUT2D eigenvalue weighted by Crippen LogP contribution is -2.14. The highest BCUT2D eigenvalue weighted by Crippen LogP contribution is 2.50. The average Bonchev–Trinajstić information content (AvgIpc) is 0.979. The number of phenols is 6. The van der Waals surface area contributed by atoms with E-state index in [0.717, 1.165) is 79.1 Å². The van der Waals surface area contributed by atoms with Crippen LogP contribution >= 0.6 is 0 Å². The van der Waals surface area contributed by atoms with E-state index < -0.39 is 170 Å². The summed E-state index contributed by atoms with van der Waals surface area (Å²) in [4.78, 5) is 70.7. The third-order valence-electron chi connectivity index (χ3n) is 13.2. The first-order valence-electron chi connectivity index (χ1n) is 24.6. The van der Waals surface area contributed by atoms with E-state index in [1.165, 1.54) is 18.2 Å². The van der Waals surface area contributed by atoms with Gasteiger partial charge in [-0.3, -0.25) is 60.7 Å². The highest BCUT2D eigenvalue weighted by atomic mass is 16.7. The van der Waals surface area contributed by atoms with E-state index in [9.17, 15) is 91.3 Å². The molecule has 87 heavy (non-hydrogen) atoms. The Hall–Kier alpha value is -11.6. The molecule has 0 radical (unpaired) electrons. The lowest BCUT2D eigenvalue weighted by molar-refractivity contribution is -0.388. The minimum absolute atomic E-state index is 0.0290. The number of phenolic OH excluding ortho intramolecular Hbond substituents is 6. The Kier molecular flexibility index (Phi) is 19.1. The molecule has 0 aliphatic heterocycles. The predicted octanol–water partition coefficient (Wildman–Crippen LogP) is 9.34. The van der Waals surface area contributed by atoms with Crippen LogP contribution in [0.5, 0.6) is 69.0 Å². The van der Waals surface area contributed by atoms with Crippen LogP contribution < -0.4 is 28.4 Å². The van der Waals surface area contributed by atoms with E-state index in [-0.39, 0.29) is 51.2 Å². The van der Waals surface area contributed by atoms with E-state index in [1.54, 1.807) is 0 Å². The molecule has 7 aromatic carbocycles. The highest BCUT2D eigenvalue weighted by molar-refractivity contribution is 5.64. The lowest BCUT2D eigenvalue weighted by atomic mass is 9.96. The number of rotatable bonds is 27. The topological polar surface area (TPSA) is 463 Å². The van der Waals surface area contributed by atoms with Gasteiger partial charge in [0.05, 0.1) is 162 Å². The summed E-state index contributed by atoms with van der Waals surface area (Å²) in [5.41, 5.74) is -8.17. The van der Waals surface area contributed by atoms with Crippen LogP contribution in [-0.2, 0) is 34.0 Å². The predicted molar refractivity (Wildman–Crippen MR) is 294 cm³/mol. The van der Waals surface area contributed by atoms with Gasteiger partial charge in [0.25, 0.3) is 34.1 Å². The maximum absolute atomic E-state index is 12.7. The SMILES string of the molecule is COc1cc(C(OCc2cc(COC(c3cc(OC)c(O)cc3[N+](=O)[O-])c3cc(OC)c(O)cc3[N+](=O)[O-])cc(COC(c3cc(OC)c(O)cc3[N+](=O)[O-])c3cc(OC)c(O)cc3[N+](=O)[O-])c2)c2cc(OC)c(O)cc2[N+](=O)[O-])c([N+](=O)[O-])cc1O. The molecule has 0 fully saturated rings. The highest BCUT2D eigenvalue weighted by Gasteiger charge is 2.38. The molecule has 0 saturated carbocycles. The van der Waals surface area contributed by atoms with Crippen molar-refractivity contribution in [3.63, 3.8) is 0 Å². The van der Waals surface area contributed by atoms with Gasteiger partial charge in [-0.2, -0.15) is 0 Å². The van der Waals surface area contributed by atoms with Gasteiger partial charge in [-0.25, -0.2) is 0 Å². The second-order valence-electron chi connectivity index (χ2n) is 18.3. The molecule has 0 aliphatic rings. The monoisotopic (exact) mass is 1210 g/mol. The summed E-state index contributed by atoms with van der Waals surface area (Å²) in [7, 11) is 6.57. The molecule has 0 aromatic heterocycles. The van der Waals surface area contributed by atoms with Gasteiger partial charge < -0.3 is 73.3 Å². The summed E-state index contributed by atoms with van der Waals surface area (Å²) in [6, 6.07) is 13.7. The Labute approximate surface area is 487 Å². The number of hydrogen-bond acceptors (Lipinski definition) is 27. The van der Waals surface area contributed by atoms with Gasteiger partial charge in [-0.05, 0) is 53.1 Å². The summed E-state index contributed by atoms with van der Waals surface area (Å²) in [5.74, 6) is -6.70. The molecule has 0 amide bonds. The molecule has 0 saturated heterocycles. The van der Waals surface area contributed by atoms with Crippen LogP contribution in [-0.4, -0.2) is 103 Å². The molecule has 7 rings (SSSR count). The number of methoxy groups -OCH3 is 6. The van der Waals surface area contributed by atoms with Crippen LogP contribution in [0.1, 0.15) is 68.4 Å². The Morgan fingerprint density at radius 3 is 0.563 bits per heavy atom. The zero-order chi connectivity index (χ0) is 63.9. The van der Waals surface area contributed by atoms with Gasteiger partial charge >= 0.3 is 0 Å².